The summed E-state index contributed by atoms with van der Waals surface area (Å²) in [6, 6.07) is 15.2. The number of pyridine rings is 1. The van der Waals surface area contributed by atoms with Crippen LogP contribution in [-0.4, -0.2) is 24.7 Å². The lowest BCUT2D eigenvalue weighted by Crippen LogP contribution is -2.21. The van der Waals surface area contributed by atoms with E-state index in [4.69, 9.17) is 9.47 Å². The molecule has 4 rings (SSSR count). The fourth-order valence-corrected chi connectivity index (χ4v) is 4.43. The standard InChI is InChI=1S/C21H17NO4S/c1-3-26-21(24)17-16(12-7-6-8-13(11-12)25-2)19-18(22-20(17)23)14-9-4-5-10-15(14)27-19/h4-11H,3H2,1-2H3,(H,22,23). The van der Waals surface area contributed by atoms with Crippen molar-refractivity contribution < 1.29 is 14.3 Å². The number of hydrogen-bond donors (Lipinski definition) is 1. The predicted octanol–water partition coefficient (Wildman–Crippen LogP) is 4.60. The van der Waals surface area contributed by atoms with Gasteiger partial charge < -0.3 is 14.5 Å². The number of aromatic amines is 1. The van der Waals surface area contributed by atoms with Crippen molar-refractivity contribution in [2.75, 3.05) is 13.7 Å². The maximum Gasteiger partial charge on any atom is 0.344 e. The molecule has 136 valence electrons. The Morgan fingerprint density at radius 3 is 2.74 bits per heavy atom. The maximum atomic E-state index is 12.9. The third-order valence-electron chi connectivity index (χ3n) is 4.38. The van der Waals surface area contributed by atoms with Crippen molar-refractivity contribution in [3.05, 3.63) is 64.4 Å². The molecule has 4 aromatic rings. The fourth-order valence-electron chi connectivity index (χ4n) is 3.20. The number of methoxy groups -OCH3 is 1. The molecule has 2 heterocycles. The summed E-state index contributed by atoms with van der Waals surface area (Å²) >= 11 is 1.54. The lowest BCUT2D eigenvalue weighted by molar-refractivity contribution is 0.0525. The Balaban J connectivity index is 2.15. The van der Waals surface area contributed by atoms with Gasteiger partial charge >= 0.3 is 5.97 Å². The van der Waals surface area contributed by atoms with Gasteiger partial charge in [-0.15, -0.1) is 11.3 Å². The van der Waals surface area contributed by atoms with Gasteiger partial charge in [0, 0.05) is 15.6 Å². The van der Waals surface area contributed by atoms with Crippen LogP contribution in [0.4, 0.5) is 0 Å². The predicted molar refractivity (Wildman–Crippen MR) is 108 cm³/mol. The third kappa shape index (κ3) is 2.88. The SMILES string of the molecule is CCOC(=O)c1c(-c2cccc(OC)c2)c2sc3ccccc3c2[nH]c1=O. The van der Waals surface area contributed by atoms with Crippen molar-refractivity contribution in [1.82, 2.24) is 4.98 Å². The number of esters is 1. The Hall–Kier alpha value is -3.12. The van der Waals surface area contributed by atoms with E-state index >= 15 is 0 Å². The largest absolute Gasteiger partial charge is 0.497 e. The van der Waals surface area contributed by atoms with Crippen LogP contribution in [0, 0.1) is 0 Å². The molecule has 27 heavy (non-hydrogen) atoms. The minimum absolute atomic E-state index is 0.0177. The lowest BCUT2D eigenvalue weighted by atomic mass is 10.00. The molecule has 0 atom stereocenters. The van der Waals surface area contributed by atoms with Gasteiger partial charge in [0.2, 0.25) is 0 Å². The van der Waals surface area contributed by atoms with Crippen molar-refractivity contribution in [3.8, 4) is 16.9 Å². The summed E-state index contributed by atoms with van der Waals surface area (Å²) in [7, 11) is 1.58. The lowest BCUT2D eigenvalue weighted by Gasteiger charge is -2.11. The van der Waals surface area contributed by atoms with E-state index in [2.05, 4.69) is 4.98 Å². The van der Waals surface area contributed by atoms with Crippen LogP contribution >= 0.6 is 11.3 Å². The van der Waals surface area contributed by atoms with E-state index in [1.807, 2.05) is 48.5 Å². The second-order valence-corrected chi connectivity index (χ2v) is 7.01. The van der Waals surface area contributed by atoms with E-state index in [-0.39, 0.29) is 12.2 Å². The summed E-state index contributed by atoms with van der Waals surface area (Å²) in [5, 5.41) is 0.953. The van der Waals surface area contributed by atoms with Crippen LogP contribution < -0.4 is 10.3 Å². The monoisotopic (exact) mass is 379 g/mol. The maximum absolute atomic E-state index is 12.9. The first-order valence-corrected chi connectivity index (χ1v) is 9.34. The van der Waals surface area contributed by atoms with Crippen LogP contribution in [0.15, 0.2) is 53.3 Å². The normalized spacial score (nSPS) is 11.0. The van der Waals surface area contributed by atoms with Gasteiger partial charge in [-0.25, -0.2) is 4.79 Å². The molecular weight excluding hydrogens is 362 g/mol. The molecule has 0 fully saturated rings. The minimum Gasteiger partial charge on any atom is -0.497 e. The molecule has 0 bridgehead atoms. The number of hydrogen-bond acceptors (Lipinski definition) is 5. The Bertz CT molecular complexity index is 1220. The second-order valence-electron chi connectivity index (χ2n) is 5.96. The number of carbonyl (C=O) groups is 1. The molecule has 2 aromatic carbocycles. The van der Waals surface area contributed by atoms with Gasteiger partial charge in [0.1, 0.15) is 11.3 Å². The van der Waals surface area contributed by atoms with Crippen molar-refractivity contribution in [3.63, 3.8) is 0 Å². The zero-order valence-electron chi connectivity index (χ0n) is 14.9. The fraction of sp³-hybridized carbons (Fsp3) is 0.143. The third-order valence-corrected chi connectivity index (χ3v) is 5.56. The molecule has 0 aliphatic carbocycles. The molecule has 0 radical (unpaired) electrons. The van der Waals surface area contributed by atoms with Crippen LogP contribution in [0.5, 0.6) is 5.75 Å². The molecule has 0 spiro atoms. The number of thiophene rings is 1. The zero-order valence-corrected chi connectivity index (χ0v) is 15.7. The van der Waals surface area contributed by atoms with Gasteiger partial charge in [-0.3, -0.25) is 4.79 Å². The molecule has 0 aliphatic rings. The zero-order chi connectivity index (χ0) is 19.0. The summed E-state index contributed by atoms with van der Waals surface area (Å²) in [6.45, 7) is 1.91. The van der Waals surface area contributed by atoms with Gasteiger partial charge in [-0.05, 0) is 30.7 Å². The van der Waals surface area contributed by atoms with Gasteiger partial charge in [0.25, 0.3) is 5.56 Å². The summed E-state index contributed by atoms with van der Waals surface area (Å²) in [5.41, 5.74) is 1.60. The number of benzene rings is 2. The van der Waals surface area contributed by atoms with E-state index < -0.39 is 11.5 Å². The van der Waals surface area contributed by atoms with Crippen molar-refractivity contribution in [2.24, 2.45) is 0 Å². The summed E-state index contributed by atoms with van der Waals surface area (Å²) in [4.78, 5) is 28.3. The molecule has 6 heteroatoms. The molecular formula is C21H17NO4S. The summed E-state index contributed by atoms with van der Waals surface area (Å²) in [6.07, 6.45) is 0. The van der Waals surface area contributed by atoms with Crippen LogP contribution in [0.2, 0.25) is 0 Å². The number of H-pyrrole nitrogens is 1. The minimum atomic E-state index is -0.629. The van der Waals surface area contributed by atoms with Crippen LogP contribution in [-0.2, 0) is 4.74 Å². The molecule has 0 saturated carbocycles. The number of rotatable bonds is 4. The van der Waals surface area contributed by atoms with Crippen LogP contribution in [0.25, 0.3) is 31.4 Å². The highest BCUT2D eigenvalue weighted by molar-refractivity contribution is 7.26. The average molecular weight is 379 g/mol. The Labute approximate surface area is 159 Å². The first-order valence-electron chi connectivity index (χ1n) is 8.53. The second kappa shape index (κ2) is 6.89. The topological polar surface area (TPSA) is 68.4 Å². The van der Waals surface area contributed by atoms with Crippen LogP contribution in [0.1, 0.15) is 17.3 Å². The highest BCUT2D eigenvalue weighted by atomic mass is 32.1. The van der Waals surface area contributed by atoms with Crippen molar-refractivity contribution in [2.45, 2.75) is 6.92 Å². The number of ether oxygens (including phenoxy) is 2. The molecule has 0 amide bonds. The van der Waals surface area contributed by atoms with Gasteiger partial charge in [-0.1, -0.05) is 30.3 Å². The molecule has 0 saturated heterocycles. The number of nitrogens with one attached hydrogen (secondary N) is 1. The van der Waals surface area contributed by atoms with Gasteiger partial charge in [0.15, 0.2) is 0 Å². The van der Waals surface area contributed by atoms with E-state index in [1.54, 1.807) is 14.0 Å². The Kier molecular flexibility index (Phi) is 4.41. The number of fused-ring (bicyclic) bond motifs is 3. The van der Waals surface area contributed by atoms with Gasteiger partial charge in [-0.2, -0.15) is 0 Å². The molecule has 1 N–H and O–H groups in total. The Morgan fingerprint density at radius 1 is 1.15 bits per heavy atom. The first kappa shape index (κ1) is 17.3. The first-order chi connectivity index (χ1) is 13.1. The number of carbonyl (C=O) groups excluding carboxylic acids is 1. The van der Waals surface area contributed by atoms with E-state index in [0.29, 0.717) is 11.3 Å². The molecule has 5 nitrogen and oxygen atoms in total. The smallest absolute Gasteiger partial charge is 0.344 e. The highest BCUT2D eigenvalue weighted by Gasteiger charge is 2.24. The highest BCUT2D eigenvalue weighted by Crippen LogP contribution is 2.40. The van der Waals surface area contributed by atoms with Gasteiger partial charge in [0.05, 0.1) is 23.9 Å². The van der Waals surface area contributed by atoms with E-state index in [1.165, 1.54) is 11.3 Å². The van der Waals surface area contributed by atoms with Crippen molar-refractivity contribution >= 4 is 37.6 Å². The summed E-state index contributed by atoms with van der Waals surface area (Å²) < 4.78 is 12.4. The van der Waals surface area contributed by atoms with Crippen molar-refractivity contribution in [1.29, 1.82) is 0 Å². The number of aromatic nitrogens is 1. The average Bonchev–Trinajstić information content (AvgIpc) is 3.05. The quantitative estimate of drug-likeness (QED) is 0.527. The summed E-state index contributed by atoms with van der Waals surface area (Å²) in [5.74, 6) is 0.0211. The molecule has 0 aliphatic heterocycles. The Morgan fingerprint density at radius 2 is 1.96 bits per heavy atom. The van der Waals surface area contributed by atoms with E-state index in [9.17, 15) is 9.59 Å². The molecule has 2 aromatic heterocycles. The molecule has 0 unspecified atom stereocenters. The van der Waals surface area contributed by atoms with E-state index in [0.717, 1.165) is 25.9 Å². The van der Waals surface area contributed by atoms with Crippen LogP contribution in [0.3, 0.4) is 0 Å².